The molecule has 1 aliphatic rings. The molecule has 1 fully saturated rings. The van der Waals surface area contributed by atoms with E-state index in [4.69, 9.17) is 0 Å². The highest BCUT2D eigenvalue weighted by Gasteiger charge is 2.24. The number of hydrogen-bond donors (Lipinski definition) is 1. The quantitative estimate of drug-likeness (QED) is 0.704. The molecule has 0 aromatic rings. The van der Waals surface area contributed by atoms with Gasteiger partial charge in [0.25, 0.3) is 0 Å². The van der Waals surface area contributed by atoms with Gasteiger partial charge < -0.3 is 10.2 Å². The monoisotopic (exact) mass is 268 g/mol. The Morgan fingerprint density at radius 2 is 1.53 bits per heavy atom. The lowest BCUT2D eigenvalue weighted by molar-refractivity contribution is 0.128. The first-order valence-corrected chi connectivity index (χ1v) is 8.45. The Kier molecular flexibility index (Phi) is 8.01. The minimum Gasteiger partial charge on any atom is -0.316 e. The van der Waals surface area contributed by atoms with Crippen LogP contribution in [0, 0.1) is 11.8 Å². The smallest absolute Gasteiger partial charge is 0.0105 e. The molecule has 1 aliphatic carbocycles. The number of nitrogens with one attached hydrogen (secondary N) is 1. The van der Waals surface area contributed by atoms with Crippen molar-refractivity contribution in [3.8, 4) is 0 Å². The standard InChI is InChI=1S/C17H36N2/c1-14(2)12-18-13-15(3)16(4)19(5)17-10-8-6-7-9-11-17/h14-18H,6-13H2,1-5H3. The first-order valence-electron chi connectivity index (χ1n) is 8.45. The molecule has 0 spiro atoms. The van der Waals surface area contributed by atoms with Gasteiger partial charge in [-0.1, -0.05) is 46.5 Å². The molecule has 0 bridgehead atoms. The minimum absolute atomic E-state index is 0.683. The molecule has 1 N–H and O–H groups in total. The van der Waals surface area contributed by atoms with E-state index in [0.717, 1.165) is 31.0 Å². The van der Waals surface area contributed by atoms with Crippen LogP contribution in [0.1, 0.15) is 66.2 Å². The van der Waals surface area contributed by atoms with Crippen LogP contribution in [0.25, 0.3) is 0 Å². The Balaban J connectivity index is 2.34. The van der Waals surface area contributed by atoms with Crippen LogP contribution < -0.4 is 5.32 Å². The van der Waals surface area contributed by atoms with E-state index in [1.807, 2.05) is 0 Å². The summed E-state index contributed by atoms with van der Waals surface area (Å²) in [5, 5.41) is 3.61. The molecule has 0 saturated heterocycles. The number of hydrogen-bond acceptors (Lipinski definition) is 2. The third-order valence-electron chi connectivity index (χ3n) is 4.89. The zero-order chi connectivity index (χ0) is 14.3. The lowest BCUT2D eigenvalue weighted by atomic mass is 9.98. The van der Waals surface area contributed by atoms with E-state index in [1.165, 1.54) is 38.5 Å². The number of rotatable bonds is 7. The van der Waals surface area contributed by atoms with Crippen LogP contribution in [0.3, 0.4) is 0 Å². The van der Waals surface area contributed by atoms with Gasteiger partial charge in [0.05, 0.1) is 0 Å². The van der Waals surface area contributed by atoms with Gasteiger partial charge in [-0.2, -0.15) is 0 Å². The zero-order valence-electron chi connectivity index (χ0n) is 13.9. The highest BCUT2D eigenvalue weighted by molar-refractivity contribution is 4.80. The summed E-state index contributed by atoms with van der Waals surface area (Å²) in [6.07, 6.45) is 8.58. The summed E-state index contributed by atoms with van der Waals surface area (Å²) in [5.74, 6) is 1.48. The van der Waals surface area contributed by atoms with Crippen LogP contribution in [-0.2, 0) is 0 Å². The molecule has 0 aromatic heterocycles. The van der Waals surface area contributed by atoms with Crippen molar-refractivity contribution < 1.29 is 0 Å². The predicted octanol–water partition coefficient (Wildman–Crippen LogP) is 3.91. The van der Waals surface area contributed by atoms with Gasteiger partial charge in [0, 0.05) is 12.1 Å². The minimum atomic E-state index is 0.683. The Hall–Kier alpha value is -0.0800. The van der Waals surface area contributed by atoms with Crippen molar-refractivity contribution in [1.82, 2.24) is 10.2 Å². The molecule has 0 aromatic carbocycles. The molecule has 2 heteroatoms. The van der Waals surface area contributed by atoms with Gasteiger partial charge in [0.15, 0.2) is 0 Å². The topological polar surface area (TPSA) is 15.3 Å². The fourth-order valence-electron chi connectivity index (χ4n) is 3.17. The van der Waals surface area contributed by atoms with Crippen molar-refractivity contribution in [3.63, 3.8) is 0 Å². The zero-order valence-corrected chi connectivity index (χ0v) is 13.9. The van der Waals surface area contributed by atoms with Crippen LogP contribution in [0.5, 0.6) is 0 Å². The van der Waals surface area contributed by atoms with Gasteiger partial charge in [0.2, 0.25) is 0 Å². The van der Waals surface area contributed by atoms with E-state index in [0.29, 0.717) is 6.04 Å². The van der Waals surface area contributed by atoms with Crippen LogP contribution >= 0.6 is 0 Å². The molecule has 0 heterocycles. The van der Waals surface area contributed by atoms with E-state index < -0.39 is 0 Å². The van der Waals surface area contributed by atoms with E-state index in [1.54, 1.807) is 0 Å². The lowest BCUT2D eigenvalue weighted by Gasteiger charge is -2.36. The van der Waals surface area contributed by atoms with Crippen molar-refractivity contribution >= 4 is 0 Å². The Labute approximate surface area is 121 Å². The SMILES string of the molecule is CC(C)CNCC(C)C(C)N(C)C1CCCCCC1. The third-order valence-corrected chi connectivity index (χ3v) is 4.89. The number of nitrogens with zero attached hydrogens (tertiary/aromatic N) is 1. The maximum absolute atomic E-state index is 3.61. The second kappa shape index (κ2) is 8.97. The summed E-state index contributed by atoms with van der Waals surface area (Å²) < 4.78 is 0. The van der Waals surface area contributed by atoms with Gasteiger partial charge in [-0.15, -0.1) is 0 Å². The summed E-state index contributed by atoms with van der Waals surface area (Å²) >= 11 is 0. The molecule has 1 saturated carbocycles. The summed E-state index contributed by atoms with van der Waals surface area (Å²) in [7, 11) is 2.35. The molecule has 2 atom stereocenters. The van der Waals surface area contributed by atoms with Crippen LogP contribution in [0.2, 0.25) is 0 Å². The second-order valence-electron chi connectivity index (χ2n) is 7.08. The highest BCUT2D eigenvalue weighted by Crippen LogP contribution is 2.24. The Bertz CT molecular complexity index is 219. The Morgan fingerprint density at radius 3 is 2.05 bits per heavy atom. The fraction of sp³-hybridized carbons (Fsp3) is 1.00. The van der Waals surface area contributed by atoms with Gasteiger partial charge >= 0.3 is 0 Å². The third kappa shape index (κ3) is 6.27. The van der Waals surface area contributed by atoms with E-state index in [-0.39, 0.29) is 0 Å². The molecular formula is C17H36N2. The van der Waals surface area contributed by atoms with Crippen LogP contribution in [0.15, 0.2) is 0 Å². The fourth-order valence-corrected chi connectivity index (χ4v) is 3.17. The van der Waals surface area contributed by atoms with Crippen molar-refractivity contribution in [2.45, 2.75) is 78.3 Å². The normalized spacial score (nSPS) is 21.6. The van der Waals surface area contributed by atoms with Crippen LogP contribution in [0.4, 0.5) is 0 Å². The van der Waals surface area contributed by atoms with Crippen molar-refractivity contribution in [2.75, 3.05) is 20.1 Å². The highest BCUT2D eigenvalue weighted by atomic mass is 15.2. The van der Waals surface area contributed by atoms with Gasteiger partial charge in [-0.3, -0.25) is 0 Å². The van der Waals surface area contributed by atoms with Gasteiger partial charge in [-0.05, 0) is 51.7 Å². The Morgan fingerprint density at radius 1 is 0.947 bits per heavy atom. The van der Waals surface area contributed by atoms with E-state index >= 15 is 0 Å². The van der Waals surface area contributed by atoms with Crippen molar-refractivity contribution in [1.29, 1.82) is 0 Å². The largest absolute Gasteiger partial charge is 0.316 e. The van der Waals surface area contributed by atoms with Crippen LogP contribution in [-0.4, -0.2) is 37.1 Å². The second-order valence-corrected chi connectivity index (χ2v) is 7.08. The summed E-state index contributed by atoms with van der Waals surface area (Å²) in [6, 6.07) is 1.51. The summed E-state index contributed by atoms with van der Waals surface area (Å²) in [5.41, 5.74) is 0. The van der Waals surface area contributed by atoms with Gasteiger partial charge in [0.1, 0.15) is 0 Å². The van der Waals surface area contributed by atoms with E-state index in [9.17, 15) is 0 Å². The molecule has 2 unspecified atom stereocenters. The maximum atomic E-state index is 3.61. The van der Waals surface area contributed by atoms with Crippen molar-refractivity contribution in [3.05, 3.63) is 0 Å². The molecule has 1 rings (SSSR count). The molecule has 19 heavy (non-hydrogen) atoms. The average Bonchev–Trinajstić information content (AvgIpc) is 2.65. The molecule has 0 radical (unpaired) electrons. The van der Waals surface area contributed by atoms with Crippen molar-refractivity contribution in [2.24, 2.45) is 11.8 Å². The summed E-state index contributed by atoms with van der Waals surface area (Å²) in [6.45, 7) is 11.6. The summed E-state index contributed by atoms with van der Waals surface area (Å²) in [4.78, 5) is 2.66. The maximum Gasteiger partial charge on any atom is 0.0105 e. The molecule has 0 amide bonds. The molecule has 114 valence electrons. The molecule has 2 nitrogen and oxygen atoms in total. The molecule has 0 aliphatic heterocycles. The average molecular weight is 268 g/mol. The predicted molar refractivity (Wildman–Crippen MR) is 85.6 cm³/mol. The van der Waals surface area contributed by atoms with E-state index in [2.05, 4.69) is 45.0 Å². The molecular weight excluding hydrogens is 232 g/mol. The van der Waals surface area contributed by atoms with Gasteiger partial charge in [-0.25, -0.2) is 0 Å². The lowest BCUT2D eigenvalue weighted by Crippen LogP contribution is -2.44. The first kappa shape index (κ1) is 17.0. The first-order chi connectivity index (χ1) is 9.02.